The Labute approximate surface area is 171 Å². The number of hydrogen-bond acceptors (Lipinski definition) is 3. The van der Waals surface area contributed by atoms with Crippen LogP contribution in [0.1, 0.15) is 24.0 Å². The van der Waals surface area contributed by atoms with E-state index >= 15 is 0 Å². The lowest BCUT2D eigenvalue weighted by Gasteiger charge is -2.21. The molecule has 5 heteroatoms. The highest BCUT2D eigenvalue weighted by atomic mass is 16.5. The fraction of sp³-hybridized carbons (Fsp3) is 0.208. The Bertz CT molecular complexity index is 909. The lowest BCUT2D eigenvalue weighted by Crippen LogP contribution is -2.25. The summed E-state index contributed by atoms with van der Waals surface area (Å²) in [5.41, 5.74) is 4.36. The lowest BCUT2D eigenvalue weighted by atomic mass is 10.0. The van der Waals surface area contributed by atoms with Crippen LogP contribution in [-0.4, -0.2) is 24.8 Å². The molecule has 3 aromatic carbocycles. The van der Waals surface area contributed by atoms with E-state index in [1.54, 1.807) is 0 Å². The average molecular weight is 390 g/mol. The summed E-state index contributed by atoms with van der Waals surface area (Å²) in [6.07, 6.45) is -0.996. The van der Waals surface area contributed by atoms with Crippen molar-refractivity contribution in [2.75, 3.05) is 18.5 Å². The van der Waals surface area contributed by atoms with E-state index in [1.807, 2.05) is 92.8 Å². The monoisotopic (exact) mass is 390 g/mol. The molecule has 3 aromatic rings. The van der Waals surface area contributed by atoms with Crippen molar-refractivity contribution in [3.05, 3.63) is 90.0 Å². The van der Waals surface area contributed by atoms with Crippen LogP contribution in [0, 0.1) is 0 Å². The van der Waals surface area contributed by atoms with Crippen LogP contribution in [-0.2, 0) is 6.61 Å². The van der Waals surface area contributed by atoms with E-state index in [4.69, 9.17) is 9.84 Å². The Morgan fingerprint density at radius 1 is 0.966 bits per heavy atom. The van der Waals surface area contributed by atoms with E-state index in [2.05, 4.69) is 10.2 Å². The largest absolute Gasteiger partial charge is 0.489 e. The molecule has 0 saturated carbocycles. The van der Waals surface area contributed by atoms with Crippen molar-refractivity contribution in [2.45, 2.75) is 19.4 Å². The molecule has 1 atom stereocenters. The third-order valence-corrected chi connectivity index (χ3v) is 4.88. The zero-order valence-electron chi connectivity index (χ0n) is 16.7. The molecule has 0 aliphatic carbocycles. The van der Waals surface area contributed by atoms with Crippen molar-refractivity contribution in [3.8, 4) is 5.75 Å². The Balaban J connectivity index is 1.59. The Hall–Kier alpha value is -3.47. The normalized spacial score (nSPS) is 11.5. The standard InChI is InChI=1S/C24H26N2O3/c1-18(16-25-24(27)28)20-8-10-21(11-9-20)26(2)22-12-14-23(15-13-22)29-17-19-6-4-3-5-7-19/h3-15,18,25H,16-17H2,1-2H3,(H,27,28). The summed E-state index contributed by atoms with van der Waals surface area (Å²) >= 11 is 0. The minimum absolute atomic E-state index is 0.117. The van der Waals surface area contributed by atoms with Crippen molar-refractivity contribution in [1.29, 1.82) is 0 Å². The summed E-state index contributed by atoms with van der Waals surface area (Å²) in [6, 6.07) is 26.3. The highest BCUT2D eigenvalue weighted by molar-refractivity contribution is 5.65. The molecular weight excluding hydrogens is 364 g/mol. The molecule has 0 heterocycles. The third-order valence-electron chi connectivity index (χ3n) is 4.88. The second-order valence-corrected chi connectivity index (χ2v) is 7.01. The SMILES string of the molecule is CC(CNC(=O)O)c1ccc(N(C)c2ccc(OCc3ccccc3)cc2)cc1. The summed E-state index contributed by atoms with van der Waals surface area (Å²) in [5, 5.41) is 11.2. The predicted molar refractivity (Wildman–Crippen MR) is 116 cm³/mol. The molecule has 3 rings (SSSR count). The van der Waals surface area contributed by atoms with Crippen molar-refractivity contribution in [2.24, 2.45) is 0 Å². The van der Waals surface area contributed by atoms with Gasteiger partial charge in [0.2, 0.25) is 0 Å². The summed E-state index contributed by atoms with van der Waals surface area (Å²) in [5.74, 6) is 0.951. The van der Waals surface area contributed by atoms with E-state index in [0.29, 0.717) is 13.2 Å². The van der Waals surface area contributed by atoms with E-state index < -0.39 is 6.09 Å². The van der Waals surface area contributed by atoms with Gasteiger partial charge in [0.1, 0.15) is 12.4 Å². The summed E-state index contributed by atoms with van der Waals surface area (Å²) in [4.78, 5) is 12.7. The van der Waals surface area contributed by atoms with Crippen LogP contribution in [0.2, 0.25) is 0 Å². The van der Waals surface area contributed by atoms with Gasteiger partial charge in [-0.1, -0.05) is 49.4 Å². The molecule has 2 N–H and O–H groups in total. The Morgan fingerprint density at radius 2 is 1.55 bits per heavy atom. The first-order valence-electron chi connectivity index (χ1n) is 9.60. The first-order chi connectivity index (χ1) is 14.0. The smallest absolute Gasteiger partial charge is 0.404 e. The average Bonchev–Trinajstić information content (AvgIpc) is 2.76. The van der Waals surface area contributed by atoms with Crippen LogP contribution in [0.4, 0.5) is 16.2 Å². The number of nitrogens with one attached hydrogen (secondary N) is 1. The maximum atomic E-state index is 10.6. The second-order valence-electron chi connectivity index (χ2n) is 7.01. The molecule has 0 aliphatic heterocycles. The van der Waals surface area contributed by atoms with Gasteiger partial charge in [0.05, 0.1) is 0 Å². The molecule has 0 radical (unpaired) electrons. The molecule has 0 aliphatic rings. The number of carboxylic acid groups (broad SMARTS) is 1. The first-order valence-corrected chi connectivity index (χ1v) is 9.60. The maximum Gasteiger partial charge on any atom is 0.404 e. The highest BCUT2D eigenvalue weighted by Gasteiger charge is 2.09. The van der Waals surface area contributed by atoms with Gasteiger partial charge in [-0.2, -0.15) is 0 Å². The predicted octanol–water partition coefficient (Wildman–Crippen LogP) is 5.40. The minimum Gasteiger partial charge on any atom is -0.489 e. The van der Waals surface area contributed by atoms with Crippen molar-refractivity contribution >= 4 is 17.5 Å². The first kappa shape index (κ1) is 20.3. The molecule has 0 fully saturated rings. The van der Waals surface area contributed by atoms with Crippen LogP contribution in [0.5, 0.6) is 5.75 Å². The number of rotatable bonds is 8. The molecule has 1 amide bonds. The lowest BCUT2D eigenvalue weighted by molar-refractivity contribution is 0.194. The summed E-state index contributed by atoms with van der Waals surface area (Å²) in [6.45, 7) is 2.95. The number of nitrogens with zero attached hydrogens (tertiary/aromatic N) is 1. The molecule has 150 valence electrons. The molecule has 5 nitrogen and oxygen atoms in total. The van der Waals surface area contributed by atoms with E-state index in [1.165, 1.54) is 0 Å². The molecule has 29 heavy (non-hydrogen) atoms. The van der Waals surface area contributed by atoms with Crippen molar-refractivity contribution in [3.63, 3.8) is 0 Å². The van der Waals surface area contributed by atoms with Crippen LogP contribution in [0.15, 0.2) is 78.9 Å². The minimum atomic E-state index is -0.996. The fourth-order valence-corrected chi connectivity index (χ4v) is 3.04. The van der Waals surface area contributed by atoms with Gasteiger partial charge in [-0.25, -0.2) is 4.79 Å². The van der Waals surface area contributed by atoms with E-state index in [-0.39, 0.29) is 5.92 Å². The molecule has 0 spiro atoms. The van der Waals surface area contributed by atoms with Crippen LogP contribution >= 0.6 is 0 Å². The number of benzene rings is 3. The molecule has 0 bridgehead atoms. The van der Waals surface area contributed by atoms with Crippen molar-refractivity contribution < 1.29 is 14.6 Å². The van der Waals surface area contributed by atoms with Crippen LogP contribution in [0.3, 0.4) is 0 Å². The number of amides is 1. The third kappa shape index (κ3) is 5.75. The number of anilines is 2. The molecule has 0 aromatic heterocycles. The number of ether oxygens (including phenoxy) is 1. The summed E-state index contributed by atoms with van der Waals surface area (Å²) in [7, 11) is 2.02. The number of hydrogen-bond donors (Lipinski definition) is 2. The molecule has 0 saturated heterocycles. The Kier molecular flexibility index (Phi) is 6.74. The van der Waals surface area contributed by atoms with Crippen LogP contribution < -0.4 is 15.0 Å². The fourth-order valence-electron chi connectivity index (χ4n) is 3.04. The van der Waals surface area contributed by atoms with Crippen molar-refractivity contribution in [1.82, 2.24) is 5.32 Å². The van der Waals surface area contributed by atoms with E-state index in [9.17, 15) is 4.79 Å². The maximum absolute atomic E-state index is 10.6. The zero-order chi connectivity index (χ0) is 20.6. The van der Waals surface area contributed by atoms with Gasteiger partial charge in [-0.3, -0.25) is 0 Å². The van der Waals surface area contributed by atoms with Gasteiger partial charge < -0.3 is 20.1 Å². The van der Waals surface area contributed by atoms with E-state index in [0.717, 1.165) is 28.3 Å². The zero-order valence-corrected chi connectivity index (χ0v) is 16.7. The van der Waals surface area contributed by atoms with Gasteiger partial charge in [0, 0.05) is 25.0 Å². The second kappa shape index (κ2) is 9.64. The molecule has 1 unspecified atom stereocenters. The topological polar surface area (TPSA) is 61.8 Å². The van der Waals surface area contributed by atoms with Gasteiger partial charge in [0.15, 0.2) is 0 Å². The van der Waals surface area contributed by atoms with Gasteiger partial charge in [-0.05, 0) is 53.4 Å². The quantitative estimate of drug-likeness (QED) is 0.540. The highest BCUT2D eigenvalue weighted by Crippen LogP contribution is 2.27. The van der Waals surface area contributed by atoms with Gasteiger partial charge in [-0.15, -0.1) is 0 Å². The number of carbonyl (C=O) groups is 1. The van der Waals surface area contributed by atoms with Gasteiger partial charge in [0.25, 0.3) is 0 Å². The Morgan fingerprint density at radius 3 is 2.14 bits per heavy atom. The summed E-state index contributed by atoms with van der Waals surface area (Å²) < 4.78 is 5.85. The van der Waals surface area contributed by atoms with Crippen LogP contribution in [0.25, 0.3) is 0 Å². The van der Waals surface area contributed by atoms with Gasteiger partial charge >= 0.3 is 6.09 Å². The molecular formula is C24H26N2O3.